The molecule has 7 heteroatoms. The van der Waals surface area contributed by atoms with Crippen molar-refractivity contribution >= 4 is 49.7 Å². The second-order valence-electron chi connectivity index (χ2n) is 4.97. The molecule has 23 heavy (non-hydrogen) atoms. The van der Waals surface area contributed by atoms with Gasteiger partial charge in [-0.1, -0.05) is 22.9 Å². The van der Waals surface area contributed by atoms with E-state index >= 15 is 0 Å². The number of hydrogen-bond donors (Lipinski definition) is 1. The van der Waals surface area contributed by atoms with Crippen LogP contribution < -0.4 is 4.90 Å². The summed E-state index contributed by atoms with van der Waals surface area (Å²) in [6.07, 6.45) is 0. The molecule has 0 atom stereocenters. The highest BCUT2D eigenvalue weighted by molar-refractivity contribution is 7.21. The van der Waals surface area contributed by atoms with Gasteiger partial charge in [0.1, 0.15) is 0 Å². The monoisotopic (exact) mass is 346 g/mol. The molecule has 0 amide bonds. The standard InChI is InChI=1S/C16H15ClN4OS/c1-21(8-9-22)13-5-3-12(4-6-13)19-20-16-18-14-7-2-11(17)10-15(14)23-16/h2-7,10,22H,8-9H2,1H3. The zero-order valence-electron chi connectivity index (χ0n) is 12.5. The lowest BCUT2D eigenvalue weighted by atomic mass is 10.2. The van der Waals surface area contributed by atoms with Crippen molar-refractivity contribution in [2.24, 2.45) is 10.2 Å². The quantitative estimate of drug-likeness (QED) is 0.675. The second-order valence-corrected chi connectivity index (χ2v) is 6.42. The fourth-order valence-electron chi connectivity index (χ4n) is 2.08. The molecule has 0 aliphatic rings. The molecule has 0 fully saturated rings. The molecular weight excluding hydrogens is 332 g/mol. The summed E-state index contributed by atoms with van der Waals surface area (Å²) in [7, 11) is 1.93. The van der Waals surface area contributed by atoms with Crippen LogP contribution in [0.25, 0.3) is 10.2 Å². The summed E-state index contributed by atoms with van der Waals surface area (Å²) in [6.45, 7) is 0.717. The van der Waals surface area contributed by atoms with Crippen LogP contribution >= 0.6 is 22.9 Å². The number of fused-ring (bicyclic) bond motifs is 1. The summed E-state index contributed by atoms with van der Waals surface area (Å²) >= 11 is 7.42. The predicted octanol–water partition coefficient (Wildman–Crippen LogP) is 4.79. The van der Waals surface area contributed by atoms with Gasteiger partial charge in [-0.2, -0.15) is 0 Å². The molecular formula is C16H15ClN4OS. The molecule has 0 aliphatic carbocycles. The van der Waals surface area contributed by atoms with Gasteiger partial charge in [0.15, 0.2) is 0 Å². The number of nitrogens with zero attached hydrogens (tertiary/aromatic N) is 4. The van der Waals surface area contributed by atoms with Crippen molar-refractivity contribution in [3.8, 4) is 0 Å². The molecule has 0 saturated carbocycles. The summed E-state index contributed by atoms with van der Waals surface area (Å²) < 4.78 is 0.993. The van der Waals surface area contributed by atoms with Crippen molar-refractivity contribution in [3.63, 3.8) is 0 Å². The lowest BCUT2D eigenvalue weighted by molar-refractivity contribution is 0.304. The Balaban J connectivity index is 1.76. The van der Waals surface area contributed by atoms with Gasteiger partial charge in [-0.15, -0.1) is 10.2 Å². The number of halogens is 1. The summed E-state index contributed by atoms with van der Waals surface area (Å²) in [5.74, 6) is 0. The van der Waals surface area contributed by atoms with E-state index in [1.807, 2.05) is 54.4 Å². The topological polar surface area (TPSA) is 61.1 Å². The minimum absolute atomic E-state index is 0.125. The van der Waals surface area contributed by atoms with Gasteiger partial charge >= 0.3 is 0 Å². The number of aliphatic hydroxyl groups is 1. The van der Waals surface area contributed by atoms with E-state index in [-0.39, 0.29) is 6.61 Å². The predicted molar refractivity (Wildman–Crippen MR) is 95.6 cm³/mol. The first kappa shape index (κ1) is 15.9. The molecule has 0 bridgehead atoms. The number of likely N-dealkylation sites (N-methyl/N-ethyl adjacent to an activating group) is 1. The Bertz CT molecular complexity index is 832. The first-order valence-electron chi connectivity index (χ1n) is 7.05. The molecule has 1 heterocycles. The molecule has 0 radical (unpaired) electrons. The molecule has 118 valence electrons. The summed E-state index contributed by atoms with van der Waals surface area (Å²) in [4.78, 5) is 6.37. The Labute approximate surface area is 142 Å². The van der Waals surface area contributed by atoms with Crippen molar-refractivity contribution in [1.82, 2.24) is 4.98 Å². The normalized spacial score (nSPS) is 11.4. The van der Waals surface area contributed by atoms with Gasteiger partial charge < -0.3 is 10.0 Å². The minimum Gasteiger partial charge on any atom is -0.395 e. The average Bonchev–Trinajstić information content (AvgIpc) is 2.95. The van der Waals surface area contributed by atoms with E-state index in [1.54, 1.807) is 0 Å². The number of aliphatic hydroxyl groups excluding tert-OH is 1. The van der Waals surface area contributed by atoms with Crippen molar-refractivity contribution in [3.05, 3.63) is 47.5 Å². The maximum absolute atomic E-state index is 8.95. The van der Waals surface area contributed by atoms with Crippen molar-refractivity contribution in [1.29, 1.82) is 0 Å². The van der Waals surface area contributed by atoms with Crippen molar-refractivity contribution < 1.29 is 5.11 Å². The highest BCUT2D eigenvalue weighted by Gasteiger charge is 2.04. The van der Waals surface area contributed by atoms with Gasteiger partial charge in [0.2, 0.25) is 5.13 Å². The Hall–Kier alpha value is -2.02. The van der Waals surface area contributed by atoms with Gasteiger partial charge in [0, 0.05) is 24.3 Å². The van der Waals surface area contributed by atoms with Crippen LogP contribution in [0.15, 0.2) is 52.7 Å². The Morgan fingerprint density at radius 3 is 2.70 bits per heavy atom. The van der Waals surface area contributed by atoms with Crippen LogP contribution in [0, 0.1) is 0 Å². The van der Waals surface area contributed by atoms with Gasteiger partial charge in [-0.25, -0.2) is 4.98 Å². The number of thiazole rings is 1. The van der Waals surface area contributed by atoms with Gasteiger partial charge in [0.25, 0.3) is 0 Å². The number of benzene rings is 2. The lowest BCUT2D eigenvalue weighted by Gasteiger charge is -2.17. The van der Waals surface area contributed by atoms with Gasteiger partial charge in [-0.05, 0) is 42.5 Å². The van der Waals surface area contributed by atoms with Gasteiger partial charge in [0.05, 0.1) is 22.5 Å². The molecule has 1 aromatic heterocycles. The number of rotatable bonds is 5. The number of hydrogen-bond acceptors (Lipinski definition) is 6. The highest BCUT2D eigenvalue weighted by atomic mass is 35.5. The first-order valence-corrected chi connectivity index (χ1v) is 8.25. The van der Waals surface area contributed by atoms with Crippen LogP contribution in [0.4, 0.5) is 16.5 Å². The molecule has 0 unspecified atom stereocenters. The van der Waals surface area contributed by atoms with Crippen LogP contribution in [0.2, 0.25) is 5.02 Å². The zero-order valence-corrected chi connectivity index (χ0v) is 14.1. The molecule has 5 nitrogen and oxygen atoms in total. The average molecular weight is 347 g/mol. The number of azo groups is 1. The molecule has 3 rings (SSSR count). The van der Waals surface area contributed by atoms with E-state index in [0.717, 1.165) is 21.6 Å². The largest absolute Gasteiger partial charge is 0.395 e. The molecule has 3 aromatic rings. The van der Waals surface area contributed by atoms with Crippen molar-refractivity contribution in [2.45, 2.75) is 0 Å². The van der Waals surface area contributed by atoms with E-state index in [2.05, 4.69) is 15.2 Å². The Kier molecular flexibility index (Phi) is 4.85. The maximum atomic E-state index is 8.95. The third kappa shape index (κ3) is 3.85. The third-order valence-corrected chi connectivity index (χ3v) is 4.45. The fraction of sp³-hybridized carbons (Fsp3) is 0.188. The zero-order chi connectivity index (χ0) is 16.2. The SMILES string of the molecule is CN(CCO)c1ccc(N=Nc2nc3ccc(Cl)cc3s2)cc1. The van der Waals surface area contributed by atoms with Crippen molar-refractivity contribution in [2.75, 3.05) is 25.1 Å². The summed E-state index contributed by atoms with van der Waals surface area (Å²) in [5.41, 5.74) is 2.64. The van der Waals surface area contributed by atoms with Crippen LogP contribution in [0.5, 0.6) is 0 Å². The Morgan fingerprint density at radius 2 is 1.96 bits per heavy atom. The Morgan fingerprint density at radius 1 is 1.17 bits per heavy atom. The first-order chi connectivity index (χ1) is 11.2. The molecule has 1 N–H and O–H groups in total. The summed E-state index contributed by atoms with van der Waals surface area (Å²) in [6, 6.07) is 13.2. The van der Waals surface area contributed by atoms with E-state index in [0.29, 0.717) is 16.7 Å². The van der Waals surface area contributed by atoms with Crippen LogP contribution in [-0.4, -0.2) is 30.3 Å². The van der Waals surface area contributed by atoms with E-state index in [9.17, 15) is 0 Å². The van der Waals surface area contributed by atoms with Gasteiger partial charge in [-0.3, -0.25) is 0 Å². The summed E-state index contributed by atoms with van der Waals surface area (Å²) in [5, 5.41) is 18.6. The van der Waals surface area contributed by atoms with E-state index in [4.69, 9.17) is 16.7 Å². The number of aromatic nitrogens is 1. The molecule has 2 aromatic carbocycles. The van der Waals surface area contributed by atoms with Crippen LogP contribution in [0.1, 0.15) is 0 Å². The smallest absolute Gasteiger partial charge is 0.231 e. The highest BCUT2D eigenvalue weighted by Crippen LogP contribution is 2.31. The maximum Gasteiger partial charge on any atom is 0.231 e. The molecule has 0 saturated heterocycles. The van der Waals surface area contributed by atoms with Crippen LogP contribution in [0.3, 0.4) is 0 Å². The van der Waals surface area contributed by atoms with Crippen LogP contribution in [-0.2, 0) is 0 Å². The number of anilines is 1. The molecule has 0 spiro atoms. The van der Waals surface area contributed by atoms with E-state index in [1.165, 1.54) is 11.3 Å². The fourth-order valence-corrected chi connectivity index (χ4v) is 3.15. The minimum atomic E-state index is 0.125. The lowest BCUT2D eigenvalue weighted by Crippen LogP contribution is -2.20. The third-order valence-electron chi connectivity index (χ3n) is 3.32. The van der Waals surface area contributed by atoms with E-state index < -0.39 is 0 Å². The second kappa shape index (κ2) is 7.04. The molecule has 0 aliphatic heterocycles.